The SMILES string of the molecule is COC(=O)[C@H](CCC(=O)O)NC(=O)Cc1cc(Br)c(Oc2ccc(OC(C)(C)C)c(C(C)C)c2)c(Br)c1. The van der Waals surface area contributed by atoms with E-state index in [0.717, 1.165) is 11.3 Å². The van der Waals surface area contributed by atoms with Gasteiger partial charge in [-0.2, -0.15) is 0 Å². The highest BCUT2D eigenvalue weighted by Crippen LogP contribution is 2.40. The van der Waals surface area contributed by atoms with Gasteiger partial charge in [0.1, 0.15) is 23.1 Å². The molecule has 0 unspecified atom stereocenters. The summed E-state index contributed by atoms with van der Waals surface area (Å²) < 4.78 is 18.2. The van der Waals surface area contributed by atoms with E-state index in [4.69, 9.17) is 14.6 Å². The number of esters is 1. The number of ether oxygens (including phenoxy) is 3. The minimum atomic E-state index is -1.07. The van der Waals surface area contributed by atoms with Crippen LogP contribution in [0.15, 0.2) is 39.3 Å². The number of halogens is 2. The summed E-state index contributed by atoms with van der Waals surface area (Å²) in [6, 6.07) is 8.17. The number of amides is 1. The fourth-order valence-electron chi connectivity index (χ4n) is 3.48. The highest BCUT2D eigenvalue weighted by Gasteiger charge is 2.23. The Labute approximate surface area is 234 Å². The fourth-order valence-corrected chi connectivity index (χ4v) is 4.93. The van der Waals surface area contributed by atoms with Gasteiger partial charge in [0.05, 0.1) is 22.5 Å². The number of methoxy groups -OCH3 is 1. The van der Waals surface area contributed by atoms with Crippen molar-refractivity contribution >= 4 is 49.7 Å². The van der Waals surface area contributed by atoms with Crippen LogP contribution in [0.2, 0.25) is 0 Å². The van der Waals surface area contributed by atoms with E-state index >= 15 is 0 Å². The van der Waals surface area contributed by atoms with Crippen molar-refractivity contribution in [2.24, 2.45) is 0 Å². The van der Waals surface area contributed by atoms with Crippen molar-refractivity contribution in [3.05, 3.63) is 50.4 Å². The van der Waals surface area contributed by atoms with Gasteiger partial charge >= 0.3 is 11.9 Å². The van der Waals surface area contributed by atoms with E-state index in [1.54, 1.807) is 12.1 Å². The minimum Gasteiger partial charge on any atom is -0.488 e. The molecule has 0 bridgehead atoms. The zero-order chi connectivity index (χ0) is 27.9. The molecule has 1 amide bonds. The van der Waals surface area contributed by atoms with Crippen LogP contribution in [0.25, 0.3) is 0 Å². The third kappa shape index (κ3) is 9.66. The Morgan fingerprint density at radius 2 is 1.68 bits per heavy atom. The van der Waals surface area contributed by atoms with Gasteiger partial charge in [-0.3, -0.25) is 9.59 Å². The van der Waals surface area contributed by atoms with E-state index in [2.05, 4.69) is 55.8 Å². The van der Waals surface area contributed by atoms with E-state index in [1.165, 1.54) is 7.11 Å². The number of aliphatic carboxylic acids is 1. The number of rotatable bonds is 11. The van der Waals surface area contributed by atoms with E-state index < -0.39 is 23.9 Å². The van der Waals surface area contributed by atoms with Crippen LogP contribution in [0.3, 0.4) is 0 Å². The summed E-state index contributed by atoms with van der Waals surface area (Å²) in [5, 5.41) is 11.4. The van der Waals surface area contributed by atoms with Gasteiger partial charge in [0.15, 0.2) is 5.75 Å². The Bertz CT molecular complexity index is 1120. The first kappa shape index (κ1) is 30.6. The van der Waals surface area contributed by atoms with Crippen LogP contribution in [0, 0.1) is 0 Å². The van der Waals surface area contributed by atoms with E-state index in [9.17, 15) is 14.4 Å². The Balaban J connectivity index is 2.19. The van der Waals surface area contributed by atoms with Crippen molar-refractivity contribution in [1.82, 2.24) is 5.32 Å². The molecule has 202 valence electrons. The molecule has 2 N–H and O–H groups in total. The summed E-state index contributed by atoms with van der Waals surface area (Å²) in [5.41, 5.74) is 1.35. The molecule has 0 spiro atoms. The van der Waals surface area contributed by atoms with Gasteiger partial charge in [-0.05, 0) is 101 Å². The van der Waals surface area contributed by atoms with Gasteiger partial charge in [0, 0.05) is 12.0 Å². The summed E-state index contributed by atoms with van der Waals surface area (Å²) in [6.07, 6.45) is -0.370. The largest absolute Gasteiger partial charge is 0.488 e. The van der Waals surface area contributed by atoms with Crippen LogP contribution in [-0.2, 0) is 25.5 Å². The highest BCUT2D eigenvalue weighted by atomic mass is 79.9. The molecule has 1 atom stereocenters. The van der Waals surface area contributed by atoms with Gasteiger partial charge in [-0.1, -0.05) is 13.8 Å². The smallest absolute Gasteiger partial charge is 0.328 e. The molecule has 2 aromatic rings. The fraction of sp³-hybridized carbons (Fsp3) is 0.444. The van der Waals surface area contributed by atoms with Gasteiger partial charge in [0.25, 0.3) is 0 Å². The first-order valence-corrected chi connectivity index (χ1v) is 13.4. The predicted molar refractivity (Wildman–Crippen MR) is 147 cm³/mol. The molecule has 10 heteroatoms. The van der Waals surface area contributed by atoms with E-state index in [-0.39, 0.29) is 30.8 Å². The van der Waals surface area contributed by atoms with Crippen molar-refractivity contribution in [1.29, 1.82) is 0 Å². The number of hydrogen-bond acceptors (Lipinski definition) is 6. The molecule has 0 aliphatic carbocycles. The lowest BCUT2D eigenvalue weighted by atomic mass is 10.0. The molecule has 2 rings (SSSR count). The number of carboxylic acids is 1. The highest BCUT2D eigenvalue weighted by molar-refractivity contribution is 9.11. The second-order valence-electron chi connectivity index (χ2n) is 9.81. The average Bonchev–Trinajstić information content (AvgIpc) is 2.78. The molecule has 0 aliphatic rings. The molecule has 0 heterocycles. The van der Waals surface area contributed by atoms with Crippen LogP contribution in [0.4, 0.5) is 0 Å². The normalized spacial score (nSPS) is 12.1. The molecule has 2 aromatic carbocycles. The molecule has 37 heavy (non-hydrogen) atoms. The van der Waals surface area contributed by atoms with Crippen molar-refractivity contribution < 1.29 is 33.7 Å². The average molecular weight is 643 g/mol. The van der Waals surface area contributed by atoms with E-state index in [1.807, 2.05) is 39.0 Å². The maximum absolute atomic E-state index is 12.6. The van der Waals surface area contributed by atoms with Crippen LogP contribution >= 0.6 is 31.9 Å². The summed E-state index contributed by atoms with van der Waals surface area (Å²) in [4.78, 5) is 35.4. The Morgan fingerprint density at radius 3 is 2.19 bits per heavy atom. The Kier molecular flexibility index (Phi) is 11.0. The lowest BCUT2D eigenvalue weighted by molar-refractivity contribution is -0.145. The Morgan fingerprint density at radius 1 is 1.05 bits per heavy atom. The van der Waals surface area contributed by atoms with Gasteiger partial charge in [-0.15, -0.1) is 0 Å². The number of carbonyl (C=O) groups is 3. The molecule has 8 nitrogen and oxygen atoms in total. The Hall–Kier alpha value is -2.59. The first-order chi connectivity index (χ1) is 17.2. The third-order valence-corrected chi connectivity index (χ3v) is 6.31. The number of nitrogens with one attached hydrogen (secondary N) is 1. The minimum absolute atomic E-state index is 0.0334. The van der Waals surface area contributed by atoms with Crippen molar-refractivity contribution in [3.8, 4) is 17.2 Å². The van der Waals surface area contributed by atoms with Crippen LogP contribution in [0.5, 0.6) is 17.2 Å². The number of carboxylic acid groups (broad SMARTS) is 1. The second-order valence-corrected chi connectivity index (χ2v) is 11.5. The molecule has 0 radical (unpaired) electrons. The molecule has 0 saturated carbocycles. The van der Waals surface area contributed by atoms with E-state index in [0.29, 0.717) is 26.0 Å². The standard InChI is InChI=1S/C27H33Br2NO7/c1-15(2)18-14-17(7-9-22(18)37-27(3,4)5)36-25-19(28)11-16(12-20(25)29)13-23(31)30-21(26(34)35-6)8-10-24(32)33/h7,9,11-12,14-15,21H,8,10,13H2,1-6H3,(H,30,31)(H,32,33)/t21-/m0/s1. The monoisotopic (exact) mass is 641 g/mol. The molecule has 0 aromatic heterocycles. The number of benzene rings is 2. The second kappa shape index (κ2) is 13.3. The quantitative estimate of drug-likeness (QED) is 0.274. The lowest BCUT2D eigenvalue weighted by Crippen LogP contribution is -2.42. The maximum atomic E-state index is 12.6. The molecule has 0 aliphatic heterocycles. The third-order valence-electron chi connectivity index (χ3n) is 5.13. The summed E-state index contributed by atoms with van der Waals surface area (Å²) >= 11 is 7.04. The number of carbonyl (C=O) groups excluding carboxylic acids is 2. The van der Waals surface area contributed by atoms with Crippen LogP contribution < -0.4 is 14.8 Å². The zero-order valence-corrected chi connectivity index (χ0v) is 25.0. The van der Waals surface area contributed by atoms with Crippen LogP contribution in [-0.4, -0.2) is 41.7 Å². The predicted octanol–water partition coefficient (Wildman–Crippen LogP) is 6.37. The van der Waals surface area contributed by atoms with Gasteiger partial charge in [0.2, 0.25) is 5.91 Å². The van der Waals surface area contributed by atoms with Gasteiger partial charge < -0.3 is 24.6 Å². The zero-order valence-electron chi connectivity index (χ0n) is 21.8. The summed E-state index contributed by atoms with van der Waals surface area (Å²) in [7, 11) is 1.18. The molecule has 0 fully saturated rings. The molecular formula is C27H33Br2NO7. The topological polar surface area (TPSA) is 111 Å². The van der Waals surface area contributed by atoms with Gasteiger partial charge in [-0.25, -0.2) is 4.79 Å². The van der Waals surface area contributed by atoms with Crippen molar-refractivity contribution in [2.75, 3.05) is 7.11 Å². The van der Waals surface area contributed by atoms with Crippen molar-refractivity contribution in [2.45, 2.75) is 71.4 Å². The maximum Gasteiger partial charge on any atom is 0.328 e. The lowest BCUT2D eigenvalue weighted by Gasteiger charge is -2.25. The molecular weight excluding hydrogens is 610 g/mol. The first-order valence-electron chi connectivity index (χ1n) is 11.8. The molecule has 0 saturated heterocycles. The van der Waals surface area contributed by atoms with Crippen molar-refractivity contribution in [3.63, 3.8) is 0 Å². The van der Waals surface area contributed by atoms with Crippen LogP contribution in [0.1, 0.15) is 64.5 Å². The summed E-state index contributed by atoms with van der Waals surface area (Å²) in [5.74, 6) is 0.00235. The number of hydrogen-bond donors (Lipinski definition) is 2. The summed E-state index contributed by atoms with van der Waals surface area (Å²) in [6.45, 7) is 10.2.